The second kappa shape index (κ2) is 11.0. The molecular weight excluding hydrogens is 521 g/mol. The van der Waals surface area contributed by atoms with E-state index in [0.29, 0.717) is 32.3 Å². The Morgan fingerprint density at radius 2 is 1.84 bits per heavy atom. The first-order valence-electron chi connectivity index (χ1n) is 12.8. The fourth-order valence-corrected chi connectivity index (χ4v) is 6.92. The van der Waals surface area contributed by atoms with Crippen LogP contribution in [0.15, 0.2) is 54.9 Å². The highest BCUT2D eigenvalue weighted by molar-refractivity contribution is 7.21. The number of amides is 1. The molecule has 0 spiro atoms. The van der Waals surface area contributed by atoms with E-state index in [9.17, 15) is 9.18 Å². The standard InChI is InChI=1S/C30H32ClFN3O2S/c1-18-4-10-24(32)28-26(18)27(31)29(38-28)30(36)35(23-8-6-22(33)7-9-23)17-21-16-20(5-11-25(21)37-3)19-12-14-34(2)15-13-19/h4-5,10-16,22-23H,6-9,17,33H2,1-3H3/q+1/t22-,23+. The van der Waals surface area contributed by atoms with Gasteiger partial charge in [0.05, 0.1) is 16.8 Å². The first-order valence-corrected chi connectivity index (χ1v) is 14.0. The molecule has 0 atom stereocenters. The Balaban J connectivity index is 1.56. The van der Waals surface area contributed by atoms with Crippen molar-refractivity contribution in [2.75, 3.05) is 7.11 Å². The summed E-state index contributed by atoms with van der Waals surface area (Å²) in [5.41, 5.74) is 10.1. The smallest absolute Gasteiger partial charge is 0.266 e. The summed E-state index contributed by atoms with van der Waals surface area (Å²) in [4.78, 5) is 16.5. The van der Waals surface area contributed by atoms with E-state index in [2.05, 4.69) is 18.2 Å². The zero-order valence-electron chi connectivity index (χ0n) is 21.8. The Labute approximate surface area is 231 Å². The predicted molar refractivity (Wildman–Crippen MR) is 151 cm³/mol. The maximum absolute atomic E-state index is 14.7. The highest BCUT2D eigenvalue weighted by atomic mass is 35.5. The predicted octanol–water partition coefficient (Wildman–Crippen LogP) is 6.41. The van der Waals surface area contributed by atoms with Gasteiger partial charge in [0.1, 0.15) is 23.5 Å². The molecule has 2 aromatic heterocycles. The fourth-order valence-electron chi connectivity index (χ4n) is 5.30. The van der Waals surface area contributed by atoms with Crippen LogP contribution in [-0.4, -0.2) is 30.0 Å². The number of hydrogen-bond donors (Lipinski definition) is 1. The van der Waals surface area contributed by atoms with Crippen molar-refractivity contribution in [1.82, 2.24) is 4.90 Å². The summed E-state index contributed by atoms with van der Waals surface area (Å²) in [5.74, 6) is 0.164. The van der Waals surface area contributed by atoms with E-state index in [4.69, 9.17) is 22.1 Å². The Morgan fingerprint density at radius 3 is 2.50 bits per heavy atom. The summed E-state index contributed by atoms with van der Waals surface area (Å²) < 4.78 is 22.8. The van der Waals surface area contributed by atoms with Crippen molar-refractivity contribution in [2.45, 2.75) is 51.2 Å². The lowest BCUT2D eigenvalue weighted by atomic mass is 9.90. The monoisotopic (exact) mass is 552 g/mol. The largest absolute Gasteiger partial charge is 0.496 e. The van der Waals surface area contributed by atoms with Gasteiger partial charge in [-0.15, -0.1) is 11.3 Å². The van der Waals surface area contributed by atoms with Crippen LogP contribution in [0.3, 0.4) is 0 Å². The first kappa shape index (κ1) is 26.6. The summed E-state index contributed by atoms with van der Waals surface area (Å²) in [6.45, 7) is 2.23. The van der Waals surface area contributed by atoms with Crippen molar-refractivity contribution in [3.05, 3.63) is 81.7 Å². The average Bonchev–Trinajstić information content (AvgIpc) is 3.28. The third-order valence-electron chi connectivity index (χ3n) is 7.51. The Kier molecular flexibility index (Phi) is 7.70. The number of thiophene rings is 1. The molecule has 1 aliphatic rings. The van der Waals surface area contributed by atoms with Gasteiger partial charge in [-0.1, -0.05) is 23.7 Å². The van der Waals surface area contributed by atoms with E-state index < -0.39 is 0 Å². The van der Waals surface area contributed by atoms with Crippen LogP contribution in [-0.2, 0) is 13.6 Å². The SMILES string of the molecule is COc1ccc(-c2cc[n+](C)cc2)cc1CN(C(=O)c1sc2c(F)ccc(C)c2c1Cl)[C@H]1CC[C@@H](N)CC1. The number of aryl methyl sites for hydroxylation is 2. The first-order chi connectivity index (χ1) is 18.3. The highest BCUT2D eigenvalue weighted by Gasteiger charge is 2.32. The molecule has 2 aromatic carbocycles. The third kappa shape index (κ3) is 5.15. The van der Waals surface area contributed by atoms with E-state index in [1.54, 1.807) is 13.2 Å². The molecule has 0 aliphatic heterocycles. The summed E-state index contributed by atoms with van der Waals surface area (Å²) in [7, 11) is 3.62. The summed E-state index contributed by atoms with van der Waals surface area (Å²) in [6.07, 6.45) is 7.32. The van der Waals surface area contributed by atoms with Crippen LogP contribution in [0.4, 0.5) is 4.39 Å². The third-order valence-corrected chi connectivity index (χ3v) is 9.19. The molecule has 0 unspecified atom stereocenters. The number of nitrogens with two attached hydrogens (primary N) is 1. The number of halogens is 2. The quantitative estimate of drug-likeness (QED) is 0.281. The number of pyridine rings is 1. The number of hydrogen-bond acceptors (Lipinski definition) is 4. The number of aromatic nitrogens is 1. The zero-order chi connectivity index (χ0) is 27.0. The number of methoxy groups -OCH3 is 1. The van der Waals surface area contributed by atoms with Crippen LogP contribution < -0.4 is 15.0 Å². The molecule has 198 valence electrons. The molecule has 38 heavy (non-hydrogen) atoms. The van der Waals surface area contributed by atoms with Crippen LogP contribution in [0.1, 0.15) is 46.5 Å². The van der Waals surface area contributed by atoms with Crippen molar-refractivity contribution in [2.24, 2.45) is 12.8 Å². The van der Waals surface area contributed by atoms with Gasteiger partial charge in [-0.3, -0.25) is 4.79 Å². The summed E-state index contributed by atoms with van der Waals surface area (Å²) >= 11 is 7.90. The van der Waals surface area contributed by atoms with Gasteiger partial charge in [0, 0.05) is 41.7 Å². The normalized spacial score (nSPS) is 17.5. The molecule has 4 aromatic rings. The van der Waals surface area contributed by atoms with Crippen molar-refractivity contribution >= 4 is 38.9 Å². The van der Waals surface area contributed by atoms with Crippen molar-refractivity contribution in [3.8, 4) is 16.9 Å². The van der Waals surface area contributed by atoms with Crippen LogP contribution in [0.2, 0.25) is 5.02 Å². The number of nitrogens with zero attached hydrogens (tertiary/aromatic N) is 2. The number of benzene rings is 2. The molecule has 1 fully saturated rings. The van der Waals surface area contributed by atoms with E-state index >= 15 is 0 Å². The lowest BCUT2D eigenvalue weighted by Crippen LogP contribution is -2.43. The van der Waals surface area contributed by atoms with Gasteiger partial charge < -0.3 is 15.4 Å². The minimum absolute atomic E-state index is 0.00124. The second-order valence-corrected chi connectivity index (χ2v) is 11.5. The molecule has 2 N–H and O–H groups in total. The van der Waals surface area contributed by atoms with E-state index in [-0.39, 0.29) is 23.8 Å². The Morgan fingerprint density at radius 1 is 1.13 bits per heavy atom. The summed E-state index contributed by atoms with van der Waals surface area (Å²) in [5, 5.41) is 0.935. The van der Waals surface area contributed by atoms with E-state index in [1.807, 2.05) is 48.0 Å². The lowest BCUT2D eigenvalue weighted by molar-refractivity contribution is -0.671. The van der Waals surface area contributed by atoms with Crippen LogP contribution in [0.5, 0.6) is 5.75 Å². The minimum atomic E-state index is -0.364. The van der Waals surface area contributed by atoms with Crippen LogP contribution >= 0.6 is 22.9 Å². The number of ether oxygens (including phenoxy) is 1. The van der Waals surface area contributed by atoms with Gasteiger partial charge in [0.25, 0.3) is 5.91 Å². The maximum Gasteiger partial charge on any atom is 0.266 e. The van der Waals surface area contributed by atoms with Crippen molar-refractivity contribution in [3.63, 3.8) is 0 Å². The number of carbonyl (C=O) groups is 1. The molecule has 0 radical (unpaired) electrons. The van der Waals surface area contributed by atoms with E-state index in [0.717, 1.165) is 59.3 Å². The van der Waals surface area contributed by atoms with Gasteiger partial charge in [-0.2, -0.15) is 0 Å². The van der Waals surface area contributed by atoms with Gasteiger partial charge in [-0.05, 0) is 67.5 Å². The van der Waals surface area contributed by atoms with Crippen molar-refractivity contribution < 1.29 is 18.5 Å². The molecule has 0 bridgehead atoms. The highest BCUT2D eigenvalue weighted by Crippen LogP contribution is 2.41. The molecule has 0 saturated heterocycles. The molecule has 1 saturated carbocycles. The molecule has 5 nitrogen and oxygen atoms in total. The second-order valence-electron chi connectivity index (χ2n) is 10.1. The van der Waals surface area contributed by atoms with Gasteiger partial charge in [0.15, 0.2) is 12.4 Å². The fraction of sp³-hybridized carbons (Fsp3) is 0.333. The van der Waals surface area contributed by atoms with E-state index in [1.165, 1.54) is 6.07 Å². The molecular formula is C30H32ClFN3O2S+. The molecule has 5 rings (SSSR count). The molecule has 8 heteroatoms. The minimum Gasteiger partial charge on any atom is -0.496 e. The number of fused-ring (bicyclic) bond motifs is 1. The Bertz CT molecular complexity index is 1480. The average molecular weight is 553 g/mol. The lowest BCUT2D eigenvalue weighted by Gasteiger charge is -2.36. The van der Waals surface area contributed by atoms with Gasteiger partial charge in [0.2, 0.25) is 0 Å². The van der Waals surface area contributed by atoms with Crippen LogP contribution in [0.25, 0.3) is 21.2 Å². The zero-order valence-corrected chi connectivity index (χ0v) is 23.4. The Hall–Kier alpha value is -3.00. The van der Waals surface area contributed by atoms with Crippen molar-refractivity contribution in [1.29, 1.82) is 0 Å². The maximum atomic E-state index is 14.7. The molecule has 2 heterocycles. The molecule has 1 aliphatic carbocycles. The number of carbonyl (C=O) groups excluding carboxylic acids is 1. The van der Waals surface area contributed by atoms with Gasteiger partial charge >= 0.3 is 0 Å². The number of rotatable bonds is 6. The summed E-state index contributed by atoms with van der Waals surface area (Å²) in [6, 6.07) is 13.4. The van der Waals surface area contributed by atoms with Gasteiger partial charge in [-0.25, -0.2) is 8.96 Å². The van der Waals surface area contributed by atoms with Crippen LogP contribution in [0, 0.1) is 12.7 Å². The molecule has 1 amide bonds. The topological polar surface area (TPSA) is 59.4 Å².